The highest BCUT2D eigenvalue weighted by atomic mass is 35.5. The summed E-state index contributed by atoms with van der Waals surface area (Å²) in [6.07, 6.45) is 1.80. The first-order valence-corrected chi connectivity index (χ1v) is 8.54. The maximum Gasteiger partial charge on any atom is 0.250 e. The van der Waals surface area contributed by atoms with Gasteiger partial charge in [-0.25, -0.2) is 4.39 Å². The van der Waals surface area contributed by atoms with E-state index in [4.69, 9.17) is 16.0 Å². The predicted molar refractivity (Wildman–Crippen MR) is 96.5 cm³/mol. The molecule has 0 bridgehead atoms. The number of halogens is 2. The highest BCUT2D eigenvalue weighted by Gasteiger charge is 2.20. The minimum absolute atomic E-state index is 0.0662. The third kappa shape index (κ3) is 3.94. The Kier molecular flexibility index (Phi) is 5.37. The van der Waals surface area contributed by atoms with Crippen molar-refractivity contribution < 1.29 is 13.6 Å². The van der Waals surface area contributed by atoms with Crippen molar-refractivity contribution in [3.63, 3.8) is 0 Å². The first kappa shape index (κ1) is 18.1. The van der Waals surface area contributed by atoms with Crippen molar-refractivity contribution in [3.8, 4) is 11.6 Å². The average Bonchev–Trinajstić information content (AvgIpc) is 3.23. The van der Waals surface area contributed by atoms with Gasteiger partial charge in [-0.05, 0) is 30.2 Å². The Morgan fingerprint density at radius 2 is 2.15 bits per heavy atom. The summed E-state index contributed by atoms with van der Waals surface area (Å²) in [5.41, 5.74) is 0.291. The van der Waals surface area contributed by atoms with E-state index in [0.29, 0.717) is 22.8 Å². The van der Waals surface area contributed by atoms with Crippen molar-refractivity contribution in [1.29, 1.82) is 0 Å². The number of anilines is 1. The van der Waals surface area contributed by atoms with Gasteiger partial charge < -0.3 is 9.73 Å². The lowest BCUT2D eigenvalue weighted by atomic mass is 10.1. The third-order valence-corrected chi connectivity index (χ3v) is 4.01. The normalized spacial score (nSPS) is 11.1. The van der Waals surface area contributed by atoms with Crippen LogP contribution in [0.5, 0.6) is 0 Å². The molecule has 3 rings (SSSR count). The van der Waals surface area contributed by atoms with Gasteiger partial charge in [0, 0.05) is 23.6 Å². The smallest absolute Gasteiger partial charge is 0.250 e. The van der Waals surface area contributed by atoms with Gasteiger partial charge in [0.25, 0.3) is 0 Å². The van der Waals surface area contributed by atoms with Gasteiger partial charge in [0.15, 0.2) is 5.76 Å². The van der Waals surface area contributed by atoms with Crippen LogP contribution in [0.1, 0.15) is 30.6 Å². The minimum atomic E-state index is -0.434. The van der Waals surface area contributed by atoms with Gasteiger partial charge in [0.05, 0.1) is 6.26 Å². The Labute approximate surface area is 155 Å². The summed E-state index contributed by atoms with van der Waals surface area (Å²) < 4.78 is 20.4. The fourth-order valence-electron chi connectivity index (χ4n) is 2.41. The van der Waals surface area contributed by atoms with E-state index in [2.05, 4.69) is 15.4 Å². The van der Waals surface area contributed by atoms with Gasteiger partial charge in [-0.3, -0.25) is 4.79 Å². The molecule has 0 saturated carbocycles. The molecule has 0 spiro atoms. The lowest BCUT2D eigenvalue weighted by Crippen LogP contribution is -2.18. The van der Waals surface area contributed by atoms with Gasteiger partial charge in [-0.1, -0.05) is 31.5 Å². The standard InChI is InChI=1S/C18H18ClFN4O2/c1-11(2)9-16(25)24-18(22-17(23-24)15-7-4-8-26-15)21-10-12-13(19)5-3-6-14(12)20/h3-8,11H,9-10H2,1-2H3,(H,21,22,23). The molecule has 3 aromatic rings. The zero-order valence-corrected chi connectivity index (χ0v) is 15.1. The Balaban J connectivity index is 1.90. The number of hydrogen-bond donors (Lipinski definition) is 1. The highest BCUT2D eigenvalue weighted by molar-refractivity contribution is 6.31. The number of rotatable bonds is 6. The van der Waals surface area contributed by atoms with E-state index in [1.165, 1.54) is 23.1 Å². The summed E-state index contributed by atoms with van der Waals surface area (Å²) >= 11 is 6.05. The molecule has 0 aliphatic heterocycles. The first-order chi connectivity index (χ1) is 12.5. The summed E-state index contributed by atoms with van der Waals surface area (Å²) in [7, 11) is 0. The maximum absolute atomic E-state index is 14.0. The lowest BCUT2D eigenvalue weighted by Gasteiger charge is -2.10. The molecule has 1 aromatic carbocycles. The molecule has 0 aliphatic carbocycles. The molecule has 0 saturated heterocycles. The van der Waals surface area contributed by atoms with E-state index in [1.54, 1.807) is 18.2 Å². The Morgan fingerprint density at radius 3 is 2.81 bits per heavy atom. The largest absolute Gasteiger partial charge is 0.461 e. The van der Waals surface area contributed by atoms with Crippen LogP contribution in [-0.4, -0.2) is 20.7 Å². The molecule has 1 N–H and O–H groups in total. The first-order valence-electron chi connectivity index (χ1n) is 8.16. The zero-order chi connectivity index (χ0) is 18.7. The number of nitrogens with one attached hydrogen (secondary N) is 1. The molecule has 0 radical (unpaired) electrons. The number of furan rings is 1. The summed E-state index contributed by atoms with van der Waals surface area (Å²) in [6, 6.07) is 7.86. The highest BCUT2D eigenvalue weighted by Crippen LogP contribution is 2.22. The van der Waals surface area contributed by atoms with Crippen molar-refractivity contribution in [1.82, 2.24) is 14.8 Å². The van der Waals surface area contributed by atoms with Crippen LogP contribution in [-0.2, 0) is 6.54 Å². The maximum atomic E-state index is 14.0. The molecule has 136 valence electrons. The van der Waals surface area contributed by atoms with Crippen LogP contribution in [0.15, 0.2) is 41.0 Å². The predicted octanol–water partition coefficient (Wildman–Crippen LogP) is 4.63. The summed E-state index contributed by atoms with van der Waals surface area (Å²) in [6.45, 7) is 3.94. The second kappa shape index (κ2) is 7.70. The third-order valence-electron chi connectivity index (χ3n) is 3.65. The minimum Gasteiger partial charge on any atom is -0.461 e. The fourth-order valence-corrected chi connectivity index (χ4v) is 2.64. The molecule has 0 aliphatic rings. The quantitative estimate of drug-likeness (QED) is 0.679. The molecule has 0 amide bonds. The van der Waals surface area contributed by atoms with Crippen molar-refractivity contribution >= 4 is 23.5 Å². The van der Waals surface area contributed by atoms with Gasteiger partial charge in [-0.2, -0.15) is 9.67 Å². The lowest BCUT2D eigenvalue weighted by molar-refractivity contribution is 0.0873. The number of aromatic nitrogens is 3. The summed E-state index contributed by atoms with van der Waals surface area (Å²) in [5, 5.41) is 7.48. The molecular weight excluding hydrogens is 359 g/mol. The molecule has 8 heteroatoms. The fraction of sp³-hybridized carbons (Fsp3) is 0.278. The molecular formula is C18H18ClFN4O2. The molecule has 0 atom stereocenters. The van der Waals surface area contributed by atoms with E-state index in [0.717, 1.165) is 0 Å². The molecule has 0 unspecified atom stereocenters. The van der Waals surface area contributed by atoms with Gasteiger partial charge >= 0.3 is 0 Å². The topological polar surface area (TPSA) is 73.0 Å². The van der Waals surface area contributed by atoms with Crippen molar-refractivity contribution in [2.24, 2.45) is 5.92 Å². The SMILES string of the molecule is CC(C)CC(=O)n1nc(-c2ccco2)nc1NCc1c(F)cccc1Cl. The van der Waals surface area contributed by atoms with Crippen LogP contribution >= 0.6 is 11.6 Å². The van der Waals surface area contributed by atoms with Gasteiger partial charge in [-0.15, -0.1) is 5.10 Å². The number of carbonyl (C=O) groups excluding carboxylic acids is 1. The van der Waals surface area contributed by atoms with Crippen LogP contribution in [0.4, 0.5) is 10.3 Å². The van der Waals surface area contributed by atoms with Crippen LogP contribution < -0.4 is 5.32 Å². The van der Waals surface area contributed by atoms with E-state index < -0.39 is 5.82 Å². The van der Waals surface area contributed by atoms with Crippen molar-refractivity contribution in [2.45, 2.75) is 26.8 Å². The van der Waals surface area contributed by atoms with E-state index >= 15 is 0 Å². The second-order valence-corrected chi connectivity index (χ2v) is 6.60. The average molecular weight is 377 g/mol. The monoisotopic (exact) mass is 376 g/mol. The molecule has 2 aromatic heterocycles. The number of carbonyl (C=O) groups is 1. The Hall–Kier alpha value is -2.67. The molecule has 2 heterocycles. The van der Waals surface area contributed by atoms with Gasteiger partial charge in [0.1, 0.15) is 5.82 Å². The molecule has 6 nitrogen and oxygen atoms in total. The van der Waals surface area contributed by atoms with Crippen molar-refractivity contribution in [2.75, 3.05) is 5.32 Å². The second-order valence-electron chi connectivity index (χ2n) is 6.19. The Bertz CT molecular complexity index is 886. The molecule has 26 heavy (non-hydrogen) atoms. The zero-order valence-electron chi connectivity index (χ0n) is 14.4. The number of nitrogens with zero attached hydrogens (tertiary/aromatic N) is 3. The van der Waals surface area contributed by atoms with E-state index in [-0.39, 0.29) is 30.1 Å². The Morgan fingerprint density at radius 1 is 1.35 bits per heavy atom. The van der Waals surface area contributed by atoms with Crippen LogP contribution in [0.2, 0.25) is 5.02 Å². The van der Waals surface area contributed by atoms with Gasteiger partial charge in [0.2, 0.25) is 17.7 Å². The van der Waals surface area contributed by atoms with Crippen LogP contribution in [0, 0.1) is 11.7 Å². The number of benzene rings is 1. The van der Waals surface area contributed by atoms with E-state index in [1.807, 2.05) is 13.8 Å². The van der Waals surface area contributed by atoms with Crippen LogP contribution in [0.3, 0.4) is 0 Å². The molecule has 0 fully saturated rings. The summed E-state index contributed by atoms with van der Waals surface area (Å²) in [4.78, 5) is 16.8. The van der Waals surface area contributed by atoms with Crippen LogP contribution in [0.25, 0.3) is 11.6 Å². The van der Waals surface area contributed by atoms with E-state index in [9.17, 15) is 9.18 Å². The summed E-state index contributed by atoms with van der Waals surface area (Å²) in [5.74, 6) is 0.430. The number of hydrogen-bond acceptors (Lipinski definition) is 5. The van der Waals surface area contributed by atoms with Crippen molar-refractivity contribution in [3.05, 3.63) is 53.0 Å².